The number of benzene rings is 2. The molecule has 1 saturated heterocycles. The zero-order valence-electron chi connectivity index (χ0n) is 17.2. The molecule has 0 unspecified atom stereocenters. The molecule has 0 saturated carbocycles. The van der Waals surface area contributed by atoms with Crippen molar-refractivity contribution in [2.24, 2.45) is 0 Å². The van der Waals surface area contributed by atoms with Gasteiger partial charge in [0.1, 0.15) is 12.4 Å². The second-order valence-corrected chi connectivity index (χ2v) is 10.1. The normalized spacial score (nSPS) is 17.5. The first-order chi connectivity index (χ1) is 14.2. The maximum absolute atomic E-state index is 11.7. The highest BCUT2D eigenvalue weighted by Gasteiger charge is 2.20. The van der Waals surface area contributed by atoms with Crippen molar-refractivity contribution < 1.29 is 13.2 Å². The molecule has 0 aliphatic carbocycles. The summed E-state index contributed by atoms with van der Waals surface area (Å²) >= 11 is 6.09. The van der Waals surface area contributed by atoms with E-state index in [4.69, 9.17) is 21.6 Å². The third-order valence-corrected chi connectivity index (χ3v) is 6.62. The fraction of sp³-hybridized carbons (Fsp3) is 0.409. The summed E-state index contributed by atoms with van der Waals surface area (Å²) in [6.07, 6.45) is 2.04. The SMILES string of the molecule is Cc1cc(OC[C@@H]2CN(CCc3cc(Cl)cc(C#N)c3)CCN2)ccc1S(C)(=O)=O. The van der Waals surface area contributed by atoms with Crippen LogP contribution in [-0.4, -0.2) is 58.4 Å². The Bertz CT molecular complexity index is 1050. The van der Waals surface area contributed by atoms with Crippen LogP contribution >= 0.6 is 11.6 Å². The average Bonchev–Trinajstić information content (AvgIpc) is 2.70. The van der Waals surface area contributed by atoms with E-state index in [-0.39, 0.29) is 6.04 Å². The summed E-state index contributed by atoms with van der Waals surface area (Å²) in [4.78, 5) is 2.70. The fourth-order valence-electron chi connectivity index (χ4n) is 3.68. The Hall–Kier alpha value is -2.11. The maximum atomic E-state index is 11.7. The molecule has 2 aromatic carbocycles. The van der Waals surface area contributed by atoms with Gasteiger partial charge in [-0.25, -0.2) is 8.42 Å². The van der Waals surface area contributed by atoms with E-state index >= 15 is 0 Å². The summed E-state index contributed by atoms with van der Waals surface area (Å²) in [5.74, 6) is 0.668. The minimum absolute atomic E-state index is 0.183. The topological polar surface area (TPSA) is 82.4 Å². The van der Waals surface area contributed by atoms with Crippen LogP contribution in [0.25, 0.3) is 0 Å². The summed E-state index contributed by atoms with van der Waals surface area (Å²) in [5, 5.41) is 13.2. The number of nitriles is 1. The molecule has 0 aromatic heterocycles. The van der Waals surface area contributed by atoms with Gasteiger partial charge in [-0.15, -0.1) is 0 Å². The van der Waals surface area contributed by atoms with Gasteiger partial charge in [-0.3, -0.25) is 0 Å². The van der Waals surface area contributed by atoms with Crippen molar-refractivity contribution >= 4 is 21.4 Å². The minimum Gasteiger partial charge on any atom is -0.492 e. The van der Waals surface area contributed by atoms with Gasteiger partial charge in [-0.05, 0) is 60.9 Å². The monoisotopic (exact) mass is 447 g/mol. The molecule has 0 bridgehead atoms. The van der Waals surface area contributed by atoms with E-state index in [0.29, 0.717) is 33.4 Å². The third-order valence-electron chi connectivity index (χ3n) is 5.14. The molecule has 6 nitrogen and oxygen atoms in total. The molecule has 1 atom stereocenters. The average molecular weight is 448 g/mol. The number of aryl methyl sites for hydroxylation is 1. The minimum atomic E-state index is -3.23. The molecule has 0 amide bonds. The summed E-state index contributed by atoms with van der Waals surface area (Å²) < 4.78 is 29.4. The number of nitrogens with one attached hydrogen (secondary N) is 1. The number of rotatable bonds is 7. The zero-order chi connectivity index (χ0) is 21.7. The van der Waals surface area contributed by atoms with Gasteiger partial charge in [-0.2, -0.15) is 5.26 Å². The molecule has 160 valence electrons. The van der Waals surface area contributed by atoms with Crippen molar-refractivity contribution in [1.82, 2.24) is 10.2 Å². The van der Waals surface area contributed by atoms with E-state index in [1.165, 1.54) is 6.26 Å². The summed E-state index contributed by atoms with van der Waals surface area (Å²) in [6.45, 7) is 5.84. The van der Waals surface area contributed by atoms with Gasteiger partial charge in [0.2, 0.25) is 0 Å². The zero-order valence-corrected chi connectivity index (χ0v) is 18.8. The first-order valence-corrected chi connectivity index (χ1v) is 12.1. The summed E-state index contributed by atoms with van der Waals surface area (Å²) in [5.41, 5.74) is 2.33. The number of piperazine rings is 1. The standard InChI is InChI=1S/C22H26ClN3O3S/c1-16-9-21(3-4-22(16)30(2,27)28)29-15-20-14-26(8-6-25-20)7-5-17-10-18(13-24)12-19(23)11-17/h3-4,9-12,20,25H,5-8,14-15H2,1-2H3/t20-/m0/s1. The Morgan fingerprint density at radius 3 is 2.80 bits per heavy atom. The largest absolute Gasteiger partial charge is 0.492 e. The first kappa shape index (κ1) is 22.6. The molecule has 1 heterocycles. The first-order valence-electron chi connectivity index (χ1n) is 9.83. The van der Waals surface area contributed by atoms with E-state index in [9.17, 15) is 8.42 Å². The van der Waals surface area contributed by atoms with E-state index < -0.39 is 9.84 Å². The van der Waals surface area contributed by atoms with Crippen LogP contribution < -0.4 is 10.1 Å². The molecule has 1 aliphatic rings. The Morgan fingerprint density at radius 1 is 1.30 bits per heavy atom. The van der Waals surface area contributed by atoms with Crippen molar-refractivity contribution in [3.8, 4) is 11.8 Å². The molecule has 8 heteroatoms. The predicted molar refractivity (Wildman–Crippen MR) is 118 cm³/mol. The van der Waals surface area contributed by atoms with Crippen molar-refractivity contribution in [2.75, 3.05) is 39.0 Å². The van der Waals surface area contributed by atoms with Crippen molar-refractivity contribution in [1.29, 1.82) is 5.26 Å². The Kier molecular flexibility index (Phi) is 7.37. The maximum Gasteiger partial charge on any atom is 0.175 e. The molecule has 0 radical (unpaired) electrons. The lowest BCUT2D eigenvalue weighted by Crippen LogP contribution is -2.53. The van der Waals surface area contributed by atoms with Crippen LogP contribution in [0, 0.1) is 18.3 Å². The molecule has 2 aromatic rings. The number of halogens is 1. The predicted octanol–water partition coefficient (Wildman–Crippen LogP) is 2.82. The van der Waals surface area contributed by atoms with Crippen LogP contribution in [0.5, 0.6) is 5.75 Å². The third kappa shape index (κ3) is 6.19. The Labute approximate surface area is 183 Å². The van der Waals surface area contributed by atoms with E-state index in [1.54, 1.807) is 31.2 Å². The second-order valence-electron chi connectivity index (χ2n) is 7.67. The molecule has 30 heavy (non-hydrogen) atoms. The number of sulfone groups is 1. The molecule has 1 N–H and O–H groups in total. The van der Waals surface area contributed by atoms with Gasteiger partial charge >= 0.3 is 0 Å². The molecule has 3 rings (SSSR count). The van der Waals surface area contributed by atoms with Crippen LogP contribution in [-0.2, 0) is 16.3 Å². The van der Waals surface area contributed by atoms with Crippen molar-refractivity contribution in [3.63, 3.8) is 0 Å². The Morgan fingerprint density at radius 2 is 2.10 bits per heavy atom. The van der Waals surface area contributed by atoms with Gasteiger partial charge in [0.25, 0.3) is 0 Å². The van der Waals surface area contributed by atoms with Gasteiger partial charge in [0.15, 0.2) is 9.84 Å². The molecule has 1 fully saturated rings. The smallest absolute Gasteiger partial charge is 0.175 e. The number of hydrogen-bond acceptors (Lipinski definition) is 6. The number of ether oxygens (including phenoxy) is 1. The molecular formula is C22H26ClN3O3S. The molecule has 1 aliphatic heterocycles. The van der Waals surface area contributed by atoms with Crippen LogP contribution in [0.4, 0.5) is 0 Å². The summed E-state index contributed by atoms with van der Waals surface area (Å²) in [6, 6.07) is 12.9. The number of hydrogen-bond donors (Lipinski definition) is 1. The Balaban J connectivity index is 1.52. The molecular weight excluding hydrogens is 422 g/mol. The van der Waals surface area contributed by atoms with Gasteiger partial charge in [-0.1, -0.05) is 11.6 Å². The lowest BCUT2D eigenvalue weighted by atomic mass is 10.1. The second kappa shape index (κ2) is 9.80. The van der Waals surface area contributed by atoms with E-state index in [2.05, 4.69) is 16.3 Å². The molecule has 0 spiro atoms. The van der Waals surface area contributed by atoms with Crippen LogP contribution in [0.15, 0.2) is 41.3 Å². The van der Waals surface area contributed by atoms with Gasteiger partial charge < -0.3 is 15.0 Å². The van der Waals surface area contributed by atoms with E-state index in [1.807, 2.05) is 12.1 Å². The number of nitrogens with zero attached hydrogens (tertiary/aromatic N) is 2. The summed E-state index contributed by atoms with van der Waals surface area (Å²) in [7, 11) is -3.23. The highest BCUT2D eigenvalue weighted by molar-refractivity contribution is 7.90. The van der Waals surface area contributed by atoms with Gasteiger partial charge in [0, 0.05) is 37.5 Å². The lowest BCUT2D eigenvalue weighted by Gasteiger charge is -2.33. The van der Waals surface area contributed by atoms with Crippen LogP contribution in [0.2, 0.25) is 5.02 Å². The van der Waals surface area contributed by atoms with Gasteiger partial charge in [0.05, 0.1) is 22.6 Å². The van der Waals surface area contributed by atoms with Crippen LogP contribution in [0.1, 0.15) is 16.7 Å². The van der Waals surface area contributed by atoms with Crippen molar-refractivity contribution in [2.45, 2.75) is 24.3 Å². The highest BCUT2D eigenvalue weighted by Crippen LogP contribution is 2.21. The van der Waals surface area contributed by atoms with Crippen molar-refractivity contribution in [3.05, 3.63) is 58.1 Å². The van der Waals surface area contributed by atoms with Crippen LogP contribution in [0.3, 0.4) is 0 Å². The highest BCUT2D eigenvalue weighted by atomic mass is 35.5. The fourth-order valence-corrected chi connectivity index (χ4v) is 4.90. The quantitative estimate of drug-likeness (QED) is 0.702. The van der Waals surface area contributed by atoms with E-state index in [0.717, 1.165) is 38.2 Å². The lowest BCUT2D eigenvalue weighted by molar-refractivity contribution is 0.159.